The van der Waals surface area contributed by atoms with Gasteiger partial charge in [-0.15, -0.1) is 0 Å². The number of hydrogen-bond acceptors (Lipinski definition) is 2. The molecular formula is C15H24O2. The Bertz CT molecular complexity index is 298. The highest BCUT2D eigenvalue weighted by molar-refractivity contribution is 5.81. The molecule has 17 heavy (non-hydrogen) atoms. The molecule has 0 spiro atoms. The molecule has 0 rings (SSSR count). The largest absolute Gasteiger partial charge is 0.389 e. The molecule has 0 aromatic rings. The number of aliphatic hydroxyl groups is 1. The highest BCUT2D eigenvalue weighted by Crippen LogP contribution is 2.07. The second-order valence-corrected chi connectivity index (χ2v) is 4.28. The standard InChI is InChI=1S/C15H24O2/c1-4-13(2)10-8-6-5-7-9-11-14(3)15(17)12-16/h5-8,10,14,16H,4,9,11-12H2,1-3H3/b7-5+,8-6+,13-10+. The minimum absolute atomic E-state index is 0.0455. The van der Waals surface area contributed by atoms with Crippen molar-refractivity contribution in [1.82, 2.24) is 0 Å². The first-order valence-electron chi connectivity index (χ1n) is 6.24. The fourth-order valence-corrected chi connectivity index (χ4v) is 1.24. The van der Waals surface area contributed by atoms with Crippen LogP contribution in [0, 0.1) is 5.92 Å². The lowest BCUT2D eigenvalue weighted by Gasteiger charge is -2.05. The Morgan fingerprint density at radius 1 is 1.29 bits per heavy atom. The van der Waals surface area contributed by atoms with Crippen molar-refractivity contribution in [2.45, 2.75) is 40.0 Å². The first-order valence-corrected chi connectivity index (χ1v) is 6.24. The zero-order valence-corrected chi connectivity index (χ0v) is 11.1. The van der Waals surface area contributed by atoms with Gasteiger partial charge in [0.25, 0.3) is 0 Å². The van der Waals surface area contributed by atoms with Crippen LogP contribution in [0.2, 0.25) is 0 Å². The van der Waals surface area contributed by atoms with Gasteiger partial charge in [0.15, 0.2) is 5.78 Å². The fraction of sp³-hybridized carbons (Fsp3) is 0.533. The molecule has 0 saturated carbocycles. The molecule has 1 N–H and O–H groups in total. The summed E-state index contributed by atoms with van der Waals surface area (Å²) in [4.78, 5) is 11.1. The lowest BCUT2D eigenvalue weighted by Crippen LogP contribution is -2.14. The Labute approximate surface area is 105 Å². The maximum Gasteiger partial charge on any atom is 0.160 e. The van der Waals surface area contributed by atoms with Crippen LogP contribution in [0.3, 0.4) is 0 Å². The van der Waals surface area contributed by atoms with Crippen LogP contribution in [-0.2, 0) is 4.79 Å². The third-order valence-electron chi connectivity index (χ3n) is 2.77. The van der Waals surface area contributed by atoms with Gasteiger partial charge >= 0.3 is 0 Å². The molecule has 2 nitrogen and oxygen atoms in total. The molecule has 2 heteroatoms. The summed E-state index contributed by atoms with van der Waals surface area (Å²) in [5, 5.41) is 8.67. The van der Waals surface area contributed by atoms with Gasteiger partial charge in [-0.1, -0.05) is 49.8 Å². The molecule has 0 radical (unpaired) electrons. The molecule has 1 atom stereocenters. The third kappa shape index (κ3) is 8.64. The molecule has 0 amide bonds. The summed E-state index contributed by atoms with van der Waals surface area (Å²) in [5.41, 5.74) is 1.36. The van der Waals surface area contributed by atoms with Crippen molar-refractivity contribution in [3.05, 3.63) is 36.0 Å². The van der Waals surface area contributed by atoms with Crippen LogP contribution >= 0.6 is 0 Å². The average Bonchev–Trinajstić information content (AvgIpc) is 2.35. The highest BCUT2D eigenvalue weighted by atomic mass is 16.3. The van der Waals surface area contributed by atoms with E-state index in [0.717, 1.165) is 19.3 Å². The molecule has 0 aromatic carbocycles. The van der Waals surface area contributed by atoms with Crippen LogP contribution in [0.25, 0.3) is 0 Å². The van der Waals surface area contributed by atoms with E-state index < -0.39 is 0 Å². The lowest BCUT2D eigenvalue weighted by molar-refractivity contribution is -0.125. The Morgan fingerprint density at radius 2 is 2.00 bits per heavy atom. The van der Waals surface area contributed by atoms with Crippen molar-refractivity contribution in [3.8, 4) is 0 Å². The molecule has 0 bridgehead atoms. The maximum absolute atomic E-state index is 11.1. The van der Waals surface area contributed by atoms with E-state index in [1.807, 2.05) is 31.2 Å². The van der Waals surface area contributed by atoms with Crippen LogP contribution in [0.1, 0.15) is 40.0 Å². The Morgan fingerprint density at radius 3 is 2.59 bits per heavy atom. The topological polar surface area (TPSA) is 37.3 Å². The van der Waals surface area contributed by atoms with Crippen molar-refractivity contribution in [1.29, 1.82) is 0 Å². The van der Waals surface area contributed by atoms with E-state index in [2.05, 4.69) is 19.9 Å². The van der Waals surface area contributed by atoms with E-state index in [4.69, 9.17) is 5.11 Å². The predicted octanol–water partition coefficient (Wildman–Crippen LogP) is 3.43. The van der Waals surface area contributed by atoms with Gasteiger partial charge in [-0.25, -0.2) is 0 Å². The van der Waals surface area contributed by atoms with Crippen LogP contribution in [0.15, 0.2) is 36.0 Å². The highest BCUT2D eigenvalue weighted by Gasteiger charge is 2.09. The van der Waals surface area contributed by atoms with Gasteiger partial charge in [-0.3, -0.25) is 4.79 Å². The number of carbonyl (C=O) groups excluding carboxylic acids is 1. The smallest absolute Gasteiger partial charge is 0.160 e. The molecule has 0 heterocycles. The molecule has 0 aliphatic carbocycles. The normalized spacial score (nSPS) is 14.7. The van der Waals surface area contributed by atoms with Gasteiger partial charge in [0.2, 0.25) is 0 Å². The SMILES string of the molecule is CC/C(C)=C/C=C/C=C/CCC(C)C(=O)CO. The second kappa shape index (κ2) is 10.0. The van der Waals surface area contributed by atoms with Crippen molar-refractivity contribution >= 4 is 5.78 Å². The van der Waals surface area contributed by atoms with E-state index in [1.165, 1.54) is 5.57 Å². The van der Waals surface area contributed by atoms with Gasteiger partial charge < -0.3 is 5.11 Å². The molecule has 96 valence electrons. The van der Waals surface area contributed by atoms with Crippen LogP contribution in [-0.4, -0.2) is 17.5 Å². The van der Waals surface area contributed by atoms with Crippen LogP contribution < -0.4 is 0 Å². The van der Waals surface area contributed by atoms with E-state index in [1.54, 1.807) is 0 Å². The Kier molecular flexibility index (Phi) is 9.35. The van der Waals surface area contributed by atoms with Gasteiger partial charge in [-0.2, -0.15) is 0 Å². The average molecular weight is 236 g/mol. The van der Waals surface area contributed by atoms with Crippen molar-refractivity contribution in [2.75, 3.05) is 6.61 Å². The van der Waals surface area contributed by atoms with E-state index in [0.29, 0.717) is 0 Å². The number of rotatable bonds is 8. The lowest BCUT2D eigenvalue weighted by atomic mass is 10.0. The molecule has 0 aliphatic heterocycles. The number of aliphatic hydroxyl groups excluding tert-OH is 1. The summed E-state index contributed by atoms with van der Waals surface area (Å²) in [7, 11) is 0. The van der Waals surface area contributed by atoms with E-state index >= 15 is 0 Å². The maximum atomic E-state index is 11.1. The third-order valence-corrected chi connectivity index (χ3v) is 2.77. The fourth-order valence-electron chi connectivity index (χ4n) is 1.24. The van der Waals surface area contributed by atoms with Crippen molar-refractivity contribution in [2.24, 2.45) is 5.92 Å². The molecule has 0 aliphatic rings. The van der Waals surface area contributed by atoms with Crippen LogP contribution in [0.5, 0.6) is 0 Å². The number of Topliss-reactive ketones (excluding diaryl/α,β-unsaturated/α-hetero) is 1. The summed E-state index contributed by atoms with van der Waals surface area (Å²) in [6.45, 7) is 5.76. The summed E-state index contributed by atoms with van der Waals surface area (Å²) >= 11 is 0. The zero-order chi connectivity index (χ0) is 13.1. The van der Waals surface area contributed by atoms with Crippen molar-refractivity contribution in [3.63, 3.8) is 0 Å². The molecule has 1 unspecified atom stereocenters. The summed E-state index contributed by atoms with van der Waals surface area (Å²) in [6.07, 6.45) is 12.9. The molecule has 0 saturated heterocycles. The predicted molar refractivity (Wildman–Crippen MR) is 72.8 cm³/mol. The quantitative estimate of drug-likeness (QED) is 0.655. The van der Waals surface area contributed by atoms with Gasteiger partial charge in [0, 0.05) is 5.92 Å². The van der Waals surface area contributed by atoms with Gasteiger partial charge in [-0.05, 0) is 26.2 Å². The summed E-state index contributed by atoms with van der Waals surface area (Å²) in [5.74, 6) is -0.119. The van der Waals surface area contributed by atoms with E-state index in [9.17, 15) is 4.79 Å². The van der Waals surface area contributed by atoms with Gasteiger partial charge in [0.05, 0.1) is 0 Å². The number of allylic oxidation sites excluding steroid dienone is 6. The number of ketones is 1. The molecular weight excluding hydrogens is 212 g/mol. The minimum atomic E-state index is -0.341. The first kappa shape index (κ1) is 15.9. The summed E-state index contributed by atoms with van der Waals surface area (Å²) < 4.78 is 0. The van der Waals surface area contributed by atoms with Gasteiger partial charge in [0.1, 0.15) is 6.61 Å². The Hall–Kier alpha value is -1.15. The zero-order valence-electron chi connectivity index (χ0n) is 11.1. The number of hydrogen-bond donors (Lipinski definition) is 1. The first-order chi connectivity index (χ1) is 8.11. The van der Waals surface area contributed by atoms with Crippen LogP contribution in [0.4, 0.5) is 0 Å². The minimum Gasteiger partial charge on any atom is -0.389 e. The monoisotopic (exact) mass is 236 g/mol. The summed E-state index contributed by atoms with van der Waals surface area (Å²) in [6, 6.07) is 0. The Balaban J connectivity index is 3.79. The van der Waals surface area contributed by atoms with Crippen molar-refractivity contribution < 1.29 is 9.90 Å². The second-order valence-electron chi connectivity index (χ2n) is 4.28. The van der Waals surface area contributed by atoms with E-state index in [-0.39, 0.29) is 18.3 Å². The number of carbonyl (C=O) groups is 1. The molecule has 0 aromatic heterocycles. The molecule has 0 fully saturated rings.